The second-order valence-corrected chi connectivity index (χ2v) is 3.37. The summed E-state index contributed by atoms with van der Waals surface area (Å²) >= 11 is 0. The Balaban J connectivity index is 2.11. The third-order valence-electron chi connectivity index (χ3n) is 2.20. The topological polar surface area (TPSA) is 35.5 Å². The van der Waals surface area contributed by atoms with Gasteiger partial charge >= 0.3 is 5.97 Å². The number of esters is 1. The number of para-hydroxylation sites is 1. The van der Waals surface area contributed by atoms with Crippen LogP contribution in [0, 0.1) is 7.11 Å². The van der Waals surface area contributed by atoms with Gasteiger partial charge < -0.3 is 9.47 Å². The zero-order chi connectivity index (χ0) is 12.1. The number of carbonyl (C=O) groups excluding carboxylic acids is 1. The average Bonchev–Trinajstić information content (AvgIpc) is 2.40. The largest absolute Gasteiger partial charge is 0.458 e. The summed E-state index contributed by atoms with van der Waals surface area (Å²) in [5.74, 6) is 0.952. The van der Waals surface area contributed by atoms with Crippen molar-refractivity contribution in [1.82, 2.24) is 0 Å². The monoisotopic (exact) mass is 227 g/mol. The van der Waals surface area contributed by atoms with Crippen LogP contribution in [0.4, 0.5) is 0 Å². The smallest absolute Gasteiger partial charge is 0.338 e. The van der Waals surface area contributed by atoms with Gasteiger partial charge in [-0.05, 0) is 36.4 Å². The van der Waals surface area contributed by atoms with Crippen LogP contribution in [0.15, 0.2) is 54.6 Å². The van der Waals surface area contributed by atoms with E-state index < -0.39 is 5.97 Å². The lowest BCUT2D eigenvalue weighted by Crippen LogP contribution is -1.98. The van der Waals surface area contributed by atoms with Gasteiger partial charge in [-0.15, -0.1) is 0 Å². The van der Waals surface area contributed by atoms with Gasteiger partial charge in [0, 0.05) is 0 Å². The van der Waals surface area contributed by atoms with Gasteiger partial charge in [0.15, 0.2) is 0 Å². The Hall–Kier alpha value is -2.29. The van der Waals surface area contributed by atoms with Gasteiger partial charge in [-0.25, -0.2) is 4.79 Å². The molecule has 0 aromatic heterocycles. The van der Waals surface area contributed by atoms with E-state index >= 15 is 0 Å². The van der Waals surface area contributed by atoms with Crippen LogP contribution in [0.3, 0.4) is 0 Å². The van der Waals surface area contributed by atoms with E-state index in [1.807, 2.05) is 30.3 Å². The van der Waals surface area contributed by atoms with Crippen molar-refractivity contribution in [2.45, 2.75) is 0 Å². The fourth-order valence-electron chi connectivity index (χ4n) is 1.37. The lowest BCUT2D eigenvalue weighted by atomic mass is 10.2. The molecule has 2 rings (SSSR count). The van der Waals surface area contributed by atoms with Crippen LogP contribution in [0.2, 0.25) is 0 Å². The molecule has 85 valence electrons. The summed E-state index contributed by atoms with van der Waals surface area (Å²) in [5, 5.41) is 0. The first-order valence-electron chi connectivity index (χ1n) is 5.09. The Morgan fingerprint density at radius 3 is 2.06 bits per heavy atom. The second kappa shape index (κ2) is 5.16. The molecule has 0 aliphatic rings. The van der Waals surface area contributed by atoms with E-state index in [0.29, 0.717) is 11.3 Å². The van der Waals surface area contributed by atoms with Crippen LogP contribution >= 0.6 is 0 Å². The normalized spacial score (nSPS) is 9.71. The standard InChI is InChI=1S/C14H11O3/c1-16-14(15)11-7-9-13(10-8-11)17-12-5-3-2-4-6-12/h2-10H,1H2. The maximum absolute atomic E-state index is 11.2. The summed E-state index contributed by atoms with van der Waals surface area (Å²) in [6, 6.07) is 16.1. The van der Waals surface area contributed by atoms with Crippen LogP contribution in [-0.2, 0) is 4.74 Å². The number of benzene rings is 2. The first-order valence-corrected chi connectivity index (χ1v) is 5.09. The number of hydrogen-bond acceptors (Lipinski definition) is 3. The molecule has 0 N–H and O–H groups in total. The molecule has 2 aromatic carbocycles. The van der Waals surface area contributed by atoms with Gasteiger partial charge in [-0.3, -0.25) is 0 Å². The Labute approximate surface area is 99.6 Å². The highest BCUT2D eigenvalue weighted by molar-refractivity contribution is 5.89. The SMILES string of the molecule is [CH2]OC(=O)c1ccc(Oc2ccccc2)cc1. The van der Waals surface area contributed by atoms with Gasteiger partial charge in [0.1, 0.15) is 18.6 Å². The van der Waals surface area contributed by atoms with Crippen LogP contribution < -0.4 is 4.74 Å². The van der Waals surface area contributed by atoms with Crippen LogP contribution in [0.1, 0.15) is 10.4 Å². The molecule has 0 bridgehead atoms. The molecule has 3 heteroatoms. The van der Waals surface area contributed by atoms with Gasteiger partial charge in [-0.2, -0.15) is 0 Å². The molecular formula is C14H11O3. The first-order chi connectivity index (χ1) is 8.29. The Kier molecular flexibility index (Phi) is 3.40. The summed E-state index contributed by atoms with van der Waals surface area (Å²) in [5.41, 5.74) is 0.445. The van der Waals surface area contributed by atoms with Gasteiger partial charge in [-0.1, -0.05) is 18.2 Å². The molecule has 0 saturated carbocycles. The summed E-state index contributed by atoms with van der Waals surface area (Å²) in [6.07, 6.45) is 0. The molecule has 1 radical (unpaired) electrons. The van der Waals surface area contributed by atoms with Crippen LogP contribution in [0.25, 0.3) is 0 Å². The molecule has 0 aliphatic heterocycles. The Morgan fingerprint density at radius 1 is 0.882 bits per heavy atom. The number of rotatable bonds is 3. The van der Waals surface area contributed by atoms with Crippen molar-refractivity contribution < 1.29 is 14.3 Å². The third-order valence-corrected chi connectivity index (χ3v) is 2.20. The second-order valence-electron chi connectivity index (χ2n) is 3.37. The lowest BCUT2D eigenvalue weighted by molar-refractivity contribution is 0.0654. The highest BCUT2D eigenvalue weighted by atomic mass is 16.5. The molecule has 17 heavy (non-hydrogen) atoms. The fourth-order valence-corrected chi connectivity index (χ4v) is 1.37. The number of hydrogen-bond donors (Lipinski definition) is 0. The number of ether oxygens (including phenoxy) is 2. The van der Waals surface area contributed by atoms with E-state index in [2.05, 4.69) is 11.8 Å². The summed E-state index contributed by atoms with van der Waals surface area (Å²) < 4.78 is 9.94. The zero-order valence-corrected chi connectivity index (χ0v) is 9.13. The lowest BCUT2D eigenvalue weighted by Gasteiger charge is -2.05. The molecule has 2 aromatic rings. The fraction of sp³-hybridized carbons (Fsp3) is 0. The zero-order valence-electron chi connectivity index (χ0n) is 9.13. The van der Waals surface area contributed by atoms with Crippen LogP contribution in [-0.4, -0.2) is 5.97 Å². The molecule has 0 spiro atoms. The van der Waals surface area contributed by atoms with Crippen molar-refractivity contribution in [3.05, 3.63) is 67.3 Å². The third kappa shape index (κ3) is 2.84. The summed E-state index contributed by atoms with van der Waals surface area (Å²) in [4.78, 5) is 11.2. The predicted octanol–water partition coefficient (Wildman–Crippen LogP) is 3.43. The van der Waals surface area contributed by atoms with Gasteiger partial charge in [0.25, 0.3) is 0 Å². The van der Waals surface area contributed by atoms with E-state index in [0.717, 1.165) is 5.75 Å². The molecule has 3 nitrogen and oxygen atoms in total. The highest BCUT2D eigenvalue weighted by Gasteiger charge is 2.04. The molecular weight excluding hydrogens is 216 g/mol. The molecule has 0 atom stereocenters. The molecule has 0 unspecified atom stereocenters. The van der Waals surface area contributed by atoms with E-state index in [1.165, 1.54) is 0 Å². The minimum Gasteiger partial charge on any atom is -0.458 e. The van der Waals surface area contributed by atoms with Crippen molar-refractivity contribution >= 4 is 5.97 Å². The van der Waals surface area contributed by atoms with E-state index in [4.69, 9.17) is 4.74 Å². The minimum absolute atomic E-state index is 0.445. The quantitative estimate of drug-likeness (QED) is 0.753. The summed E-state index contributed by atoms with van der Waals surface area (Å²) in [6.45, 7) is 0. The predicted molar refractivity (Wildman–Crippen MR) is 63.7 cm³/mol. The van der Waals surface area contributed by atoms with E-state index in [-0.39, 0.29) is 0 Å². The average molecular weight is 227 g/mol. The van der Waals surface area contributed by atoms with Crippen LogP contribution in [0.5, 0.6) is 11.5 Å². The Bertz CT molecular complexity index is 489. The first kappa shape index (κ1) is 11.2. The maximum atomic E-state index is 11.2. The van der Waals surface area contributed by atoms with Gasteiger partial charge in [0.2, 0.25) is 0 Å². The van der Waals surface area contributed by atoms with Crippen molar-refractivity contribution in [3.63, 3.8) is 0 Å². The highest BCUT2D eigenvalue weighted by Crippen LogP contribution is 2.21. The number of carbonyl (C=O) groups is 1. The Morgan fingerprint density at radius 2 is 1.47 bits per heavy atom. The van der Waals surface area contributed by atoms with E-state index in [1.54, 1.807) is 24.3 Å². The molecule has 0 fully saturated rings. The molecule has 0 heterocycles. The van der Waals surface area contributed by atoms with Crippen molar-refractivity contribution in [2.75, 3.05) is 0 Å². The maximum Gasteiger partial charge on any atom is 0.338 e. The van der Waals surface area contributed by atoms with E-state index in [9.17, 15) is 4.79 Å². The molecule has 0 aliphatic carbocycles. The van der Waals surface area contributed by atoms with Gasteiger partial charge in [0.05, 0.1) is 5.56 Å². The summed E-state index contributed by atoms with van der Waals surface area (Å²) in [7, 11) is 3.07. The molecule has 0 saturated heterocycles. The minimum atomic E-state index is -0.462. The van der Waals surface area contributed by atoms with Crippen molar-refractivity contribution in [2.24, 2.45) is 0 Å². The van der Waals surface area contributed by atoms with Crippen molar-refractivity contribution in [3.8, 4) is 11.5 Å². The van der Waals surface area contributed by atoms with Crippen molar-refractivity contribution in [1.29, 1.82) is 0 Å². The molecule has 0 amide bonds.